The van der Waals surface area contributed by atoms with E-state index in [0.29, 0.717) is 5.75 Å². The molecule has 4 nitrogen and oxygen atoms in total. The SMILES string of the molecule is O=C(CC(=O)c1ccccc1F)c1cc(F)c(Oc2ccccc2)cc1O. The second kappa shape index (κ2) is 7.78. The van der Waals surface area contributed by atoms with Crippen LogP contribution in [-0.2, 0) is 0 Å². The summed E-state index contributed by atoms with van der Waals surface area (Å²) in [7, 11) is 0. The first-order valence-corrected chi connectivity index (χ1v) is 8.02. The van der Waals surface area contributed by atoms with E-state index in [1.54, 1.807) is 30.3 Å². The van der Waals surface area contributed by atoms with E-state index in [0.717, 1.165) is 18.2 Å². The van der Waals surface area contributed by atoms with Gasteiger partial charge in [0.2, 0.25) is 0 Å². The maximum Gasteiger partial charge on any atom is 0.174 e. The number of hydrogen-bond donors (Lipinski definition) is 1. The molecular formula is C21H14F2O4. The molecule has 0 aliphatic rings. The predicted octanol–water partition coefficient (Wildman–Crippen LogP) is 4.92. The summed E-state index contributed by atoms with van der Waals surface area (Å²) in [5.41, 5.74) is -0.618. The normalized spacial score (nSPS) is 10.4. The number of carbonyl (C=O) groups is 2. The van der Waals surface area contributed by atoms with Gasteiger partial charge in [-0.15, -0.1) is 0 Å². The summed E-state index contributed by atoms with van der Waals surface area (Å²) in [5.74, 6) is -3.67. The van der Waals surface area contributed by atoms with E-state index in [1.807, 2.05) is 0 Å². The van der Waals surface area contributed by atoms with Crippen molar-refractivity contribution in [2.45, 2.75) is 6.42 Å². The maximum absolute atomic E-state index is 14.3. The Balaban J connectivity index is 1.80. The van der Waals surface area contributed by atoms with Gasteiger partial charge in [-0.05, 0) is 30.3 Å². The third-order valence-corrected chi connectivity index (χ3v) is 3.82. The molecule has 0 saturated carbocycles. The number of halogens is 2. The molecular weight excluding hydrogens is 354 g/mol. The quantitative estimate of drug-likeness (QED) is 0.496. The molecule has 0 unspecified atom stereocenters. The minimum Gasteiger partial charge on any atom is -0.507 e. The highest BCUT2D eigenvalue weighted by Crippen LogP contribution is 2.31. The fourth-order valence-corrected chi connectivity index (χ4v) is 2.48. The van der Waals surface area contributed by atoms with Gasteiger partial charge in [-0.25, -0.2) is 8.78 Å². The number of Topliss-reactive ketones (excluding diaryl/α,β-unsaturated/α-hetero) is 2. The van der Waals surface area contributed by atoms with Gasteiger partial charge in [-0.1, -0.05) is 30.3 Å². The largest absolute Gasteiger partial charge is 0.507 e. The van der Waals surface area contributed by atoms with E-state index in [2.05, 4.69) is 0 Å². The minimum atomic E-state index is -0.877. The molecule has 27 heavy (non-hydrogen) atoms. The maximum atomic E-state index is 14.3. The minimum absolute atomic E-state index is 0.241. The molecule has 3 aromatic rings. The van der Waals surface area contributed by atoms with Crippen molar-refractivity contribution in [1.82, 2.24) is 0 Å². The first-order chi connectivity index (χ1) is 13.0. The molecule has 0 saturated heterocycles. The van der Waals surface area contributed by atoms with Crippen LogP contribution in [0.3, 0.4) is 0 Å². The number of rotatable bonds is 6. The molecule has 1 N–H and O–H groups in total. The third kappa shape index (κ3) is 4.17. The number of ketones is 2. The van der Waals surface area contributed by atoms with E-state index < -0.39 is 35.4 Å². The van der Waals surface area contributed by atoms with E-state index >= 15 is 0 Å². The van der Waals surface area contributed by atoms with Crippen molar-refractivity contribution in [1.29, 1.82) is 0 Å². The van der Waals surface area contributed by atoms with Crippen molar-refractivity contribution in [3.8, 4) is 17.2 Å². The number of para-hydroxylation sites is 1. The number of phenols is 1. The lowest BCUT2D eigenvalue weighted by atomic mass is 10.0. The van der Waals surface area contributed by atoms with Crippen LogP contribution in [0, 0.1) is 11.6 Å². The molecule has 0 spiro atoms. The Kier molecular flexibility index (Phi) is 5.26. The Morgan fingerprint density at radius 1 is 0.815 bits per heavy atom. The Hall–Kier alpha value is -3.54. The van der Waals surface area contributed by atoms with Gasteiger partial charge < -0.3 is 9.84 Å². The molecule has 0 heterocycles. The number of hydrogen-bond acceptors (Lipinski definition) is 4. The number of ether oxygens (including phenoxy) is 1. The molecule has 0 amide bonds. The Morgan fingerprint density at radius 3 is 2.15 bits per heavy atom. The second-order valence-corrected chi connectivity index (χ2v) is 5.72. The van der Waals surface area contributed by atoms with Gasteiger partial charge in [-0.2, -0.15) is 0 Å². The third-order valence-electron chi connectivity index (χ3n) is 3.82. The second-order valence-electron chi connectivity index (χ2n) is 5.72. The molecule has 3 rings (SSSR count). The molecule has 0 aromatic heterocycles. The van der Waals surface area contributed by atoms with Crippen molar-refractivity contribution in [2.75, 3.05) is 0 Å². The number of benzene rings is 3. The van der Waals surface area contributed by atoms with Crippen molar-refractivity contribution in [2.24, 2.45) is 0 Å². The van der Waals surface area contributed by atoms with E-state index in [-0.39, 0.29) is 16.9 Å². The fraction of sp³-hybridized carbons (Fsp3) is 0.0476. The lowest BCUT2D eigenvalue weighted by Gasteiger charge is -2.10. The standard InChI is InChI=1S/C21H14F2O4/c22-16-9-5-4-8-14(16)18(24)11-19(25)15-10-17(23)21(12-20(15)26)27-13-6-2-1-3-7-13/h1-10,12,26H,11H2. The lowest BCUT2D eigenvalue weighted by molar-refractivity contribution is 0.0890. The zero-order valence-electron chi connectivity index (χ0n) is 14.0. The van der Waals surface area contributed by atoms with Crippen molar-refractivity contribution in [3.05, 3.63) is 89.5 Å². The molecule has 3 aromatic carbocycles. The monoisotopic (exact) mass is 368 g/mol. The predicted molar refractivity (Wildman–Crippen MR) is 94.3 cm³/mol. The molecule has 6 heteroatoms. The van der Waals surface area contributed by atoms with Crippen LogP contribution in [-0.4, -0.2) is 16.7 Å². The molecule has 0 atom stereocenters. The van der Waals surface area contributed by atoms with Crippen LogP contribution >= 0.6 is 0 Å². The Bertz CT molecular complexity index is 1000. The smallest absolute Gasteiger partial charge is 0.174 e. The first-order valence-electron chi connectivity index (χ1n) is 8.02. The average molecular weight is 368 g/mol. The highest BCUT2D eigenvalue weighted by molar-refractivity contribution is 6.14. The van der Waals surface area contributed by atoms with E-state index in [9.17, 15) is 23.5 Å². The van der Waals surface area contributed by atoms with Crippen LogP contribution in [0.25, 0.3) is 0 Å². The van der Waals surface area contributed by atoms with Gasteiger partial charge in [-0.3, -0.25) is 9.59 Å². The van der Waals surface area contributed by atoms with Gasteiger partial charge in [0.25, 0.3) is 0 Å². The van der Waals surface area contributed by atoms with Crippen molar-refractivity contribution >= 4 is 11.6 Å². The van der Waals surface area contributed by atoms with Gasteiger partial charge in [0.1, 0.15) is 17.3 Å². The molecule has 0 radical (unpaired) electrons. The zero-order valence-corrected chi connectivity index (χ0v) is 14.0. The summed E-state index contributed by atoms with van der Waals surface area (Å²) in [6, 6.07) is 15.3. The average Bonchev–Trinajstić information content (AvgIpc) is 2.65. The first kappa shape index (κ1) is 18.3. The van der Waals surface area contributed by atoms with Gasteiger partial charge in [0.05, 0.1) is 17.5 Å². The number of carbonyl (C=O) groups excluding carboxylic acids is 2. The summed E-state index contributed by atoms with van der Waals surface area (Å²) in [4.78, 5) is 24.4. The van der Waals surface area contributed by atoms with Crippen molar-refractivity contribution in [3.63, 3.8) is 0 Å². The molecule has 0 fully saturated rings. The summed E-state index contributed by atoms with van der Waals surface area (Å²) in [6.07, 6.45) is -0.702. The summed E-state index contributed by atoms with van der Waals surface area (Å²) < 4.78 is 33.2. The summed E-state index contributed by atoms with van der Waals surface area (Å²) >= 11 is 0. The van der Waals surface area contributed by atoms with Crippen LogP contribution in [0.4, 0.5) is 8.78 Å². The Morgan fingerprint density at radius 2 is 1.44 bits per heavy atom. The van der Waals surface area contributed by atoms with E-state index in [4.69, 9.17) is 4.74 Å². The number of aromatic hydroxyl groups is 1. The number of phenolic OH excluding ortho intramolecular Hbond substituents is 1. The van der Waals surface area contributed by atoms with Crippen LogP contribution < -0.4 is 4.74 Å². The molecule has 0 aliphatic carbocycles. The Labute approximate surface area is 153 Å². The van der Waals surface area contributed by atoms with Crippen LogP contribution in [0.5, 0.6) is 17.2 Å². The van der Waals surface area contributed by atoms with Gasteiger partial charge in [0, 0.05) is 6.07 Å². The van der Waals surface area contributed by atoms with Gasteiger partial charge >= 0.3 is 0 Å². The zero-order chi connectivity index (χ0) is 19.4. The van der Waals surface area contributed by atoms with Crippen molar-refractivity contribution < 1.29 is 28.2 Å². The van der Waals surface area contributed by atoms with E-state index in [1.165, 1.54) is 18.2 Å². The lowest BCUT2D eigenvalue weighted by Crippen LogP contribution is -2.10. The molecule has 136 valence electrons. The van der Waals surface area contributed by atoms with Crippen LogP contribution in [0.15, 0.2) is 66.7 Å². The van der Waals surface area contributed by atoms with Crippen LogP contribution in [0.2, 0.25) is 0 Å². The highest BCUT2D eigenvalue weighted by atomic mass is 19.1. The van der Waals surface area contributed by atoms with Gasteiger partial charge in [0.15, 0.2) is 23.1 Å². The summed E-state index contributed by atoms with van der Waals surface area (Å²) in [5, 5.41) is 10.0. The molecule has 0 bridgehead atoms. The fourth-order valence-electron chi connectivity index (χ4n) is 2.48. The summed E-state index contributed by atoms with van der Waals surface area (Å²) in [6.45, 7) is 0. The molecule has 0 aliphatic heterocycles. The topological polar surface area (TPSA) is 63.6 Å². The highest BCUT2D eigenvalue weighted by Gasteiger charge is 2.21. The van der Waals surface area contributed by atoms with Crippen LogP contribution in [0.1, 0.15) is 27.1 Å².